The molecule has 0 radical (unpaired) electrons. The van der Waals surface area contributed by atoms with Crippen molar-refractivity contribution in [1.82, 2.24) is 10.6 Å². The molecule has 0 unspecified atom stereocenters. The summed E-state index contributed by atoms with van der Waals surface area (Å²) in [5.74, 6) is -0.540. The van der Waals surface area contributed by atoms with E-state index in [9.17, 15) is 9.59 Å². The fourth-order valence-corrected chi connectivity index (χ4v) is 1.35. The maximum absolute atomic E-state index is 11.3. The lowest BCUT2D eigenvalue weighted by Crippen LogP contribution is -2.32. The zero-order valence-electron chi connectivity index (χ0n) is 13.8. The predicted octanol–water partition coefficient (Wildman–Crippen LogP) is -2.08. The number of ether oxygens (including phenoxy) is 4. The van der Waals surface area contributed by atoms with Crippen LogP contribution in [0.15, 0.2) is 0 Å². The first-order valence-electron chi connectivity index (χ1n) is 7.64. The highest BCUT2D eigenvalue weighted by Gasteiger charge is 2.03. The highest BCUT2D eigenvalue weighted by Crippen LogP contribution is 1.81. The summed E-state index contributed by atoms with van der Waals surface area (Å²) in [6.07, 6.45) is 0. The van der Waals surface area contributed by atoms with Gasteiger partial charge in [0.2, 0.25) is 5.91 Å². The van der Waals surface area contributed by atoms with E-state index in [0.717, 1.165) is 6.54 Å². The number of ketones is 1. The smallest absolute Gasteiger partial charge is 0.246 e. The quantitative estimate of drug-likeness (QED) is 0.259. The monoisotopic (exact) mass is 335 g/mol. The molecule has 0 rings (SSSR count). The summed E-state index contributed by atoms with van der Waals surface area (Å²) in [5.41, 5.74) is 5.11. The van der Waals surface area contributed by atoms with Crippen molar-refractivity contribution >= 4 is 11.7 Å². The summed E-state index contributed by atoms with van der Waals surface area (Å²) in [6.45, 7) is 3.88. The first kappa shape index (κ1) is 21.9. The van der Waals surface area contributed by atoms with Crippen molar-refractivity contribution in [3.8, 4) is 0 Å². The molecule has 0 aromatic carbocycles. The van der Waals surface area contributed by atoms with Gasteiger partial charge in [0.15, 0.2) is 5.78 Å². The van der Waals surface area contributed by atoms with Gasteiger partial charge in [0.1, 0.15) is 13.2 Å². The van der Waals surface area contributed by atoms with Crippen molar-refractivity contribution in [2.24, 2.45) is 5.73 Å². The van der Waals surface area contributed by atoms with Gasteiger partial charge < -0.3 is 35.3 Å². The molecule has 0 aromatic heterocycles. The maximum atomic E-state index is 11.3. The molecule has 9 nitrogen and oxygen atoms in total. The average molecular weight is 335 g/mol. The second-order valence-electron chi connectivity index (χ2n) is 4.53. The summed E-state index contributed by atoms with van der Waals surface area (Å²) in [7, 11) is 1.87. The van der Waals surface area contributed by atoms with Crippen molar-refractivity contribution in [2.45, 2.75) is 0 Å². The molecule has 4 N–H and O–H groups in total. The molecule has 0 saturated heterocycles. The number of hydrogen-bond donors (Lipinski definition) is 3. The van der Waals surface area contributed by atoms with Crippen molar-refractivity contribution in [1.29, 1.82) is 0 Å². The molecule has 0 aromatic rings. The summed E-state index contributed by atoms with van der Waals surface area (Å²) >= 11 is 0. The van der Waals surface area contributed by atoms with Crippen molar-refractivity contribution in [3.05, 3.63) is 0 Å². The number of nitrogens with one attached hydrogen (secondary N) is 2. The minimum absolute atomic E-state index is 0.0837. The Morgan fingerprint density at radius 1 is 0.826 bits per heavy atom. The van der Waals surface area contributed by atoms with Crippen LogP contribution in [0.1, 0.15) is 0 Å². The molecule has 0 atom stereocenters. The zero-order chi connectivity index (χ0) is 17.2. The summed E-state index contributed by atoms with van der Waals surface area (Å²) in [4.78, 5) is 22.2. The lowest BCUT2D eigenvalue weighted by atomic mass is 10.4. The topological polar surface area (TPSA) is 121 Å². The Labute approximate surface area is 137 Å². The Balaban J connectivity index is 3.17. The van der Waals surface area contributed by atoms with E-state index in [-0.39, 0.29) is 31.4 Å². The van der Waals surface area contributed by atoms with E-state index in [4.69, 9.17) is 24.7 Å². The van der Waals surface area contributed by atoms with Crippen LogP contribution >= 0.6 is 0 Å². The maximum Gasteiger partial charge on any atom is 0.246 e. The molecule has 9 heteroatoms. The van der Waals surface area contributed by atoms with Crippen LogP contribution in [0, 0.1) is 0 Å². The molecule has 0 bridgehead atoms. The lowest BCUT2D eigenvalue weighted by Gasteiger charge is -2.08. The number of carbonyl (C=O) groups is 2. The fraction of sp³-hybridized carbons (Fsp3) is 0.857. The van der Waals surface area contributed by atoms with Crippen LogP contribution in [0.25, 0.3) is 0 Å². The number of amides is 1. The molecule has 0 saturated carbocycles. The third kappa shape index (κ3) is 17.1. The van der Waals surface area contributed by atoms with E-state index in [0.29, 0.717) is 46.2 Å². The van der Waals surface area contributed by atoms with Gasteiger partial charge in [-0.15, -0.1) is 0 Å². The molecule has 1 amide bonds. The van der Waals surface area contributed by atoms with Gasteiger partial charge in [-0.2, -0.15) is 0 Å². The van der Waals surface area contributed by atoms with Gasteiger partial charge in [-0.1, -0.05) is 0 Å². The van der Waals surface area contributed by atoms with E-state index in [1.165, 1.54) is 0 Å². The molecule has 0 aliphatic heterocycles. The van der Waals surface area contributed by atoms with Crippen LogP contribution in [0.4, 0.5) is 0 Å². The van der Waals surface area contributed by atoms with E-state index in [1.54, 1.807) is 0 Å². The third-order valence-electron chi connectivity index (χ3n) is 2.53. The molecule has 136 valence electrons. The van der Waals surface area contributed by atoms with Gasteiger partial charge >= 0.3 is 0 Å². The normalized spacial score (nSPS) is 10.7. The Hall–Kier alpha value is -1.10. The first-order chi connectivity index (χ1) is 11.2. The minimum Gasteiger partial charge on any atom is -0.378 e. The van der Waals surface area contributed by atoms with E-state index >= 15 is 0 Å². The van der Waals surface area contributed by atoms with Crippen molar-refractivity contribution in [2.75, 3.05) is 79.5 Å². The molecule has 0 spiro atoms. The number of likely N-dealkylation sites (N-methyl/N-ethyl adjacent to an activating group) is 1. The van der Waals surface area contributed by atoms with Gasteiger partial charge in [0.05, 0.1) is 46.2 Å². The summed E-state index contributed by atoms with van der Waals surface area (Å²) in [6, 6.07) is 0. The first-order valence-corrected chi connectivity index (χ1v) is 7.64. The zero-order valence-corrected chi connectivity index (χ0v) is 13.8. The summed E-state index contributed by atoms with van der Waals surface area (Å²) < 4.78 is 20.8. The number of hydrogen-bond acceptors (Lipinski definition) is 8. The highest BCUT2D eigenvalue weighted by molar-refractivity contribution is 5.82. The van der Waals surface area contributed by atoms with Crippen molar-refractivity contribution < 1.29 is 28.5 Å². The number of rotatable bonds is 17. The number of carbonyl (C=O) groups excluding carboxylic acids is 2. The lowest BCUT2D eigenvalue weighted by molar-refractivity contribution is -0.129. The second-order valence-corrected chi connectivity index (χ2v) is 4.53. The van der Waals surface area contributed by atoms with Crippen LogP contribution < -0.4 is 16.4 Å². The Kier molecular flexibility index (Phi) is 16.4. The molecule has 0 fully saturated rings. The fourth-order valence-electron chi connectivity index (χ4n) is 1.35. The van der Waals surface area contributed by atoms with Gasteiger partial charge in [-0.25, -0.2) is 0 Å². The number of Topliss-reactive ketones (excluding diaryl/α,β-unsaturated/α-hetero) is 1. The molecule has 0 heterocycles. The highest BCUT2D eigenvalue weighted by atomic mass is 16.5. The van der Waals surface area contributed by atoms with Crippen molar-refractivity contribution in [3.63, 3.8) is 0 Å². The molecule has 23 heavy (non-hydrogen) atoms. The average Bonchev–Trinajstić information content (AvgIpc) is 2.55. The molecule has 0 aliphatic rings. The minimum atomic E-state index is -0.298. The largest absolute Gasteiger partial charge is 0.378 e. The molecule has 0 aliphatic carbocycles. The molecular formula is C14H29N3O6. The Morgan fingerprint density at radius 2 is 1.39 bits per heavy atom. The second kappa shape index (κ2) is 17.3. The Bertz CT molecular complexity index is 304. The SMILES string of the molecule is CNCCOCCOCCOCCNC(=O)COCC(=O)CN. The van der Waals surface area contributed by atoms with Gasteiger partial charge in [-0.05, 0) is 7.05 Å². The van der Waals surface area contributed by atoms with Crippen LogP contribution in [0.2, 0.25) is 0 Å². The van der Waals surface area contributed by atoms with Crippen LogP contribution in [0.5, 0.6) is 0 Å². The van der Waals surface area contributed by atoms with Gasteiger partial charge in [0.25, 0.3) is 0 Å². The van der Waals surface area contributed by atoms with E-state index < -0.39 is 0 Å². The van der Waals surface area contributed by atoms with Crippen LogP contribution in [0.3, 0.4) is 0 Å². The van der Waals surface area contributed by atoms with E-state index in [2.05, 4.69) is 10.6 Å². The third-order valence-corrected chi connectivity index (χ3v) is 2.53. The van der Waals surface area contributed by atoms with Gasteiger partial charge in [0, 0.05) is 13.1 Å². The number of nitrogens with two attached hydrogens (primary N) is 1. The van der Waals surface area contributed by atoms with E-state index in [1.807, 2.05) is 7.05 Å². The summed E-state index contributed by atoms with van der Waals surface area (Å²) in [5, 5.41) is 5.59. The predicted molar refractivity (Wildman–Crippen MR) is 84.3 cm³/mol. The Morgan fingerprint density at radius 3 is 1.96 bits per heavy atom. The standard InChI is InChI=1S/C14H29N3O6/c1-16-2-4-20-6-8-22-9-7-21-5-3-17-14(19)12-23-11-13(18)10-15/h16H,2-12,15H2,1H3,(H,17,19). The van der Waals surface area contributed by atoms with Gasteiger partial charge in [-0.3, -0.25) is 9.59 Å². The molecular weight excluding hydrogens is 306 g/mol. The van der Waals surface area contributed by atoms with Crippen LogP contribution in [-0.2, 0) is 28.5 Å². The van der Waals surface area contributed by atoms with Crippen LogP contribution in [-0.4, -0.2) is 91.2 Å².